The predicted octanol–water partition coefficient (Wildman–Crippen LogP) is 4.41. The number of hydrogen-bond acceptors (Lipinski definition) is 4. The molecule has 0 aliphatic carbocycles. The van der Waals surface area contributed by atoms with Crippen molar-refractivity contribution in [2.45, 2.75) is 65.0 Å². The number of nitrogens with two attached hydrogens (primary N) is 1. The summed E-state index contributed by atoms with van der Waals surface area (Å²) < 4.78 is 0. The first-order valence-corrected chi connectivity index (χ1v) is 9.23. The summed E-state index contributed by atoms with van der Waals surface area (Å²) in [6.45, 7) is 8.50. The average Bonchev–Trinajstić information content (AvgIpc) is 2.83. The molecule has 2 aromatic heterocycles. The van der Waals surface area contributed by atoms with Crippen LogP contribution in [0.5, 0.6) is 0 Å². The van der Waals surface area contributed by atoms with Gasteiger partial charge in [0.1, 0.15) is 9.71 Å². The second-order valence-corrected chi connectivity index (χ2v) is 7.93. The molecule has 5 heteroatoms. The zero-order chi connectivity index (χ0) is 16.7. The smallest absolute Gasteiger partial charge is 0.266 e. The molecule has 2 N–H and O–H groups in total. The van der Waals surface area contributed by atoms with Gasteiger partial charge in [-0.25, -0.2) is 4.98 Å². The number of pyridine rings is 1. The van der Waals surface area contributed by atoms with Gasteiger partial charge in [0.25, 0.3) is 5.91 Å². The minimum Gasteiger partial charge on any atom is -0.397 e. The molecule has 1 saturated heterocycles. The van der Waals surface area contributed by atoms with Crippen molar-refractivity contribution in [3.8, 4) is 0 Å². The minimum absolute atomic E-state index is 0.0660. The maximum atomic E-state index is 13.1. The van der Waals surface area contributed by atoms with Gasteiger partial charge in [-0.05, 0) is 51.2 Å². The lowest BCUT2D eigenvalue weighted by molar-refractivity contribution is 0.0517. The van der Waals surface area contributed by atoms with Crippen molar-refractivity contribution in [3.63, 3.8) is 0 Å². The minimum atomic E-state index is 0.0660. The van der Waals surface area contributed by atoms with Gasteiger partial charge in [-0.15, -0.1) is 11.3 Å². The summed E-state index contributed by atoms with van der Waals surface area (Å²) in [4.78, 5) is 21.3. The quantitative estimate of drug-likeness (QED) is 0.887. The standard InChI is InChI=1S/C18H25N3OS/c1-10(2)14-9-8-13-15(19)16(23-17(13)20-14)18(22)21-11(3)6-5-7-12(21)4/h8-12H,5-7,19H2,1-4H3/t11-,12-/m0/s1. The fourth-order valence-corrected chi connectivity index (χ4v) is 4.48. The number of piperidine rings is 1. The van der Waals surface area contributed by atoms with Gasteiger partial charge in [-0.2, -0.15) is 0 Å². The lowest BCUT2D eigenvalue weighted by atomic mass is 9.97. The summed E-state index contributed by atoms with van der Waals surface area (Å²) in [5.74, 6) is 0.431. The van der Waals surface area contributed by atoms with Gasteiger partial charge in [-0.3, -0.25) is 4.79 Å². The van der Waals surface area contributed by atoms with Gasteiger partial charge < -0.3 is 10.6 Å². The van der Waals surface area contributed by atoms with Gasteiger partial charge in [0.2, 0.25) is 0 Å². The van der Waals surface area contributed by atoms with E-state index in [4.69, 9.17) is 5.73 Å². The number of fused-ring (bicyclic) bond motifs is 1. The van der Waals surface area contributed by atoms with Crippen LogP contribution in [0, 0.1) is 0 Å². The Labute approximate surface area is 141 Å². The van der Waals surface area contributed by atoms with E-state index in [2.05, 4.69) is 32.7 Å². The van der Waals surface area contributed by atoms with Crippen LogP contribution in [0.15, 0.2) is 12.1 Å². The second kappa shape index (κ2) is 6.11. The maximum Gasteiger partial charge on any atom is 0.266 e. The Morgan fingerprint density at radius 1 is 1.30 bits per heavy atom. The molecule has 1 fully saturated rings. The fourth-order valence-electron chi connectivity index (χ4n) is 3.43. The Bertz CT molecular complexity index is 727. The van der Waals surface area contributed by atoms with Gasteiger partial charge in [0.05, 0.1) is 5.69 Å². The molecule has 0 saturated carbocycles. The van der Waals surface area contributed by atoms with Crippen molar-refractivity contribution >= 4 is 33.1 Å². The zero-order valence-electron chi connectivity index (χ0n) is 14.3. The topological polar surface area (TPSA) is 59.2 Å². The Morgan fingerprint density at radius 2 is 1.96 bits per heavy atom. The second-order valence-electron chi connectivity index (χ2n) is 6.93. The highest BCUT2D eigenvalue weighted by Crippen LogP contribution is 2.36. The van der Waals surface area contributed by atoms with Gasteiger partial charge in [0, 0.05) is 23.2 Å². The summed E-state index contributed by atoms with van der Waals surface area (Å²) in [6, 6.07) is 4.56. The molecular weight excluding hydrogens is 306 g/mol. The monoisotopic (exact) mass is 331 g/mol. The van der Waals surface area contributed by atoms with Crippen molar-refractivity contribution in [1.29, 1.82) is 0 Å². The van der Waals surface area contributed by atoms with Crippen LogP contribution in [0.4, 0.5) is 5.69 Å². The van der Waals surface area contributed by atoms with E-state index in [-0.39, 0.29) is 18.0 Å². The van der Waals surface area contributed by atoms with Crippen LogP contribution in [0.3, 0.4) is 0 Å². The summed E-state index contributed by atoms with van der Waals surface area (Å²) in [6.07, 6.45) is 3.32. The highest BCUT2D eigenvalue weighted by atomic mass is 32.1. The number of carbonyl (C=O) groups is 1. The molecule has 23 heavy (non-hydrogen) atoms. The van der Waals surface area contributed by atoms with Gasteiger partial charge in [0.15, 0.2) is 0 Å². The van der Waals surface area contributed by atoms with E-state index in [1.54, 1.807) is 0 Å². The van der Waals surface area contributed by atoms with E-state index in [1.165, 1.54) is 17.8 Å². The summed E-state index contributed by atoms with van der Waals surface area (Å²) >= 11 is 1.43. The predicted molar refractivity (Wildman–Crippen MR) is 97.1 cm³/mol. The number of thiophene rings is 1. The molecule has 0 radical (unpaired) electrons. The molecule has 2 atom stereocenters. The van der Waals surface area contributed by atoms with Crippen LogP contribution in [0.1, 0.15) is 68.2 Å². The molecule has 3 rings (SSSR count). The number of hydrogen-bond donors (Lipinski definition) is 1. The molecule has 1 amide bonds. The van der Waals surface area contributed by atoms with E-state index in [0.717, 1.165) is 28.8 Å². The molecule has 0 spiro atoms. The molecule has 1 aliphatic heterocycles. The van der Waals surface area contributed by atoms with E-state index in [9.17, 15) is 4.79 Å². The number of rotatable bonds is 2. The van der Waals surface area contributed by atoms with Crippen LogP contribution < -0.4 is 5.73 Å². The Morgan fingerprint density at radius 3 is 2.57 bits per heavy atom. The summed E-state index contributed by atoms with van der Waals surface area (Å²) in [7, 11) is 0. The largest absolute Gasteiger partial charge is 0.397 e. The molecule has 3 heterocycles. The molecular formula is C18H25N3OS. The third kappa shape index (κ3) is 2.82. The summed E-state index contributed by atoms with van der Waals surface area (Å²) in [5.41, 5.74) is 7.91. The van der Waals surface area contributed by atoms with E-state index >= 15 is 0 Å². The third-order valence-electron chi connectivity index (χ3n) is 4.83. The highest BCUT2D eigenvalue weighted by molar-refractivity contribution is 7.21. The van der Waals surface area contributed by atoms with Crippen molar-refractivity contribution in [2.24, 2.45) is 0 Å². The average molecular weight is 331 g/mol. The summed E-state index contributed by atoms with van der Waals surface area (Å²) in [5, 5.41) is 0.903. The first-order chi connectivity index (χ1) is 10.9. The SMILES string of the molecule is CC(C)c1ccc2c(N)c(C(=O)N3[C@@H](C)CCC[C@@H]3C)sc2n1. The molecule has 4 nitrogen and oxygen atoms in total. The Hall–Kier alpha value is -1.62. The highest BCUT2D eigenvalue weighted by Gasteiger charge is 2.32. The molecule has 0 aromatic carbocycles. The Kier molecular flexibility index (Phi) is 4.32. The number of likely N-dealkylation sites (tertiary alicyclic amines) is 1. The number of aromatic nitrogens is 1. The number of carbonyl (C=O) groups excluding carboxylic acids is 1. The van der Waals surface area contributed by atoms with E-state index < -0.39 is 0 Å². The first kappa shape index (κ1) is 16.2. The molecule has 2 aromatic rings. The molecule has 124 valence electrons. The Balaban J connectivity index is 2.02. The zero-order valence-corrected chi connectivity index (χ0v) is 15.1. The molecule has 0 bridgehead atoms. The van der Waals surface area contributed by atoms with Crippen molar-refractivity contribution in [3.05, 3.63) is 22.7 Å². The van der Waals surface area contributed by atoms with Crippen LogP contribution in [-0.4, -0.2) is 27.9 Å². The lowest BCUT2D eigenvalue weighted by Crippen LogP contribution is -2.47. The van der Waals surface area contributed by atoms with Gasteiger partial charge in [-0.1, -0.05) is 13.8 Å². The van der Waals surface area contributed by atoms with Crippen molar-refractivity contribution in [2.75, 3.05) is 5.73 Å². The normalized spacial score (nSPS) is 22.0. The van der Waals surface area contributed by atoms with Crippen LogP contribution >= 0.6 is 11.3 Å². The fraction of sp³-hybridized carbons (Fsp3) is 0.556. The van der Waals surface area contributed by atoms with Crippen LogP contribution in [-0.2, 0) is 0 Å². The van der Waals surface area contributed by atoms with Crippen molar-refractivity contribution < 1.29 is 4.79 Å². The number of nitrogens with zero attached hydrogens (tertiary/aromatic N) is 2. The third-order valence-corrected chi connectivity index (χ3v) is 5.93. The van der Waals surface area contributed by atoms with Crippen LogP contribution in [0.2, 0.25) is 0 Å². The molecule has 0 unspecified atom stereocenters. The maximum absolute atomic E-state index is 13.1. The van der Waals surface area contributed by atoms with Gasteiger partial charge >= 0.3 is 0 Å². The van der Waals surface area contributed by atoms with E-state index in [0.29, 0.717) is 16.5 Å². The number of anilines is 1. The number of amides is 1. The lowest BCUT2D eigenvalue weighted by Gasteiger charge is -2.38. The molecule has 1 aliphatic rings. The van der Waals surface area contributed by atoms with Crippen LogP contribution in [0.25, 0.3) is 10.2 Å². The van der Waals surface area contributed by atoms with Crippen molar-refractivity contribution in [1.82, 2.24) is 9.88 Å². The first-order valence-electron chi connectivity index (χ1n) is 8.41. The number of nitrogen functional groups attached to an aromatic ring is 1. The van der Waals surface area contributed by atoms with E-state index in [1.807, 2.05) is 17.0 Å².